The summed E-state index contributed by atoms with van der Waals surface area (Å²) in [7, 11) is 0. The van der Waals surface area contributed by atoms with Gasteiger partial charge in [0.05, 0.1) is 18.0 Å². The van der Waals surface area contributed by atoms with Crippen molar-refractivity contribution in [2.24, 2.45) is 0 Å². The van der Waals surface area contributed by atoms with Crippen LogP contribution >= 0.6 is 11.6 Å². The Morgan fingerprint density at radius 3 is 2.67 bits per heavy atom. The van der Waals surface area contributed by atoms with Gasteiger partial charge in [0.2, 0.25) is 0 Å². The number of aromatic nitrogens is 2. The van der Waals surface area contributed by atoms with Crippen LogP contribution in [0.4, 0.5) is 0 Å². The first-order chi connectivity index (χ1) is 8.78. The first-order valence-corrected chi connectivity index (χ1v) is 6.64. The lowest BCUT2D eigenvalue weighted by atomic mass is 10.3. The molecule has 1 fully saturated rings. The minimum Gasteiger partial charge on any atom is -0.494 e. The third-order valence-electron chi connectivity index (χ3n) is 3.07. The van der Waals surface area contributed by atoms with Gasteiger partial charge in [-0.05, 0) is 50.1 Å². The molecule has 0 bridgehead atoms. The highest BCUT2D eigenvalue weighted by atomic mass is 35.5. The van der Waals surface area contributed by atoms with Crippen LogP contribution in [0.5, 0.6) is 5.75 Å². The fourth-order valence-electron chi connectivity index (χ4n) is 1.99. The Labute approximate surface area is 111 Å². The van der Waals surface area contributed by atoms with Crippen molar-refractivity contribution in [2.75, 3.05) is 6.61 Å². The lowest BCUT2D eigenvalue weighted by Crippen LogP contribution is -1.98. The van der Waals surface area contributed by atoms with Crippen LogP contribution in [0, 0.1) is 0 Å². The standard InChI is InChI=1S/C14H15ClN2O/c1-2-18-12-7-5-11(6-8-12)17-14(15)9-13(16-17)10-3-4-10/h5-10H,2-4H2,1H3. The lowest BCUT2D eigenvalue weighted by Gasteiger charge is -2.05. The lowest BCUT2D eigenvalue weighted by molar-refractivity contribution is 0.340. The number of ether oxygens (including phenoxy) is 1. The molecule has 1 aromatic heterocycles. The van der Waals surface area contributed by atoms with Crippen molar-refractivity contribution in [1.82, 2.24) is 9.78 Å². The number of rotatable bonds is 4. The smallest absolute Gasteiger partial charge is 0.133 e. The molecule has 0 saturated heterocycles. The molecule has 0 N–H and O–H groups in total. The summed E-state index contributed by atoms with van der Waals surface area (Å²) in [6, 6.07) is 9.79. The van der Waals surface area contributed by atoms with Gasteiger partial charge in [-0.1, -0.05) is 11.6 Å². The Kier molecular flexibility index (Phi) is 3.00. The Balaban J connectivity index is 1.88. The summed E-state index contributed by atoms with van der Waals surface area (Å²) in [6.07, 6.45) is 2.47. The maximum atomic E-state index is 6.22. The van der Waals surface area contributed by atoms with Crippen LogP contribution < -0.4 is 4.74 Å². The number of hydrogen-bond acceptors (Lipinski definition) is 2. The zero-order valence-electron chi connectivity index (χ0n) is 10.3. The molecule has 18 heavy (non-hydrogen) atoms. The Bertz CT molecular complexity index is 543. The zero-order valence-corrected chi connectivity index (χ0v) is 11.0. The summed E-state index contributed by atoms with van der Waals surface area (Å²) in [5, 5.41) is 5.23. The van der Waals surface area contributed by atoms with Gasteiger partial charge in [0, 0.05) is 5.92 Å². The molecule has 3 rings (SSSR count). The molecule has 0 amide bonds. The molecule has 0 aliphatic heterocycles. The van der Waals surface area contributed by atoms with E-state index in [4.69, 9.17) is 16.3 Å². The van der Waals surface area contributed by atoms with Crippen LogP contribution in [-0.4, -0.2) is 16.4 Å². The predicted octanol–water partition coefficient (Wildman–Crippen LogP) is 3.80. The maximum Gasteiger partial charge on any atom is 0.133 e. The molecule has 1 aliphatic rings. The summed E-state index contributed by atoms with van der Waals surface area (Å²) < 4.78 is 7.20. The van der Waals surface area contributed by atoms with E-state index in [-0.39, 0.29) is 0 Å². The monoisotopic (exact) mass is 262 g/mol. The highest BCUT2D eigenvalue weighted by molar-refractivity contribution is 6.29. The average Bonchev–Trinajstić information content (AvgIpc) is 3.15. The molecular weight excluding hydrogens is 248 g/mol. The van der Waals surface area contributed by atoms with Gasteiger partial charge in [-0.25, -0.2) is 4.68 Å². The minimum atomic E-state index is 0.617. The third kappa shape index (κ3) is 2.23. The largest absolute Gasteiger partial charge is 0.494 e. The van der Waals surface area contributed by atoms with Gasteiger partial charge in [0.1, 0.15) is 10.9 Å². The fourth-order valence-corrected chi connectivity index (χ4v) is 2.23. The van der Waals surface area contributed by atoms with Gasteiger partial charge in [0.15, 0.2) is 0 Å². The highest BCUT2D eigenvalue weighted by Gasteiger charge is 2.27. The van der Waals surface area contributed by atoms with Crippen molar-refractivity contribution in [3.63, 3.8) is 0 Å². The van der Waals surface area contributed by atoms with Crippen LogP contribution in [0.1, 0.15) is 31.4 Å². The van der Waals surface area contributed by atoms with Crippen molar-refractivity contribution in [1.29, 1.82) is 0 Å². The van der Waals surface area contributed by atoms with E-state index >= 15 is 0 Å². The van der Waals surface area contributed by atoms with E-state index in [1.807, 2.05) is 37.3 Å². The zero-order chi connectivity index (χ0) is 12.5. The third-order valence-corrected chi connectivity index (χ3v) is 3.34. The number of halogens is 1. The fraction of sp³-hybridized carbons (Fsp3) is 0.357. The van der Waals surface area contributed by atoms with E-state index in [0.29, 0.717) is 17.7 Å². The van der Waals surface area contributed by atoms with E-state index in [1.54, 1.807) is 4.68 Å². The van der Waals surface area contributed by atoms with Crippen molar-refractivity contribution in [3.8, 4) is 11.4 Å². The summed E-state index contributed by atoms with van der Waals surface area (Å²) in [6.45, 7) is 2.65. The topological polar surface area (TPSA) is 27.1 Å². The minimum absolute atomic E-state index is 0.617. The van der Waals surface area contributed by atoms with Crippen molar-refractivity contribution < 1.29 is 4.74 Å². The van der Waals surface area contributed by atoms with Crippen molar-refractivity contribution in [3.05, 3.63) is 41.2 Å². The first-order valence-electron chi connectivity index (χ1n) is 6.26. The molecule has 1 aromatic carbocycles. The molecule has 1 aliphatic carbocycles. The molecule has 0 unspecified atom stereocenters. The molecule has 0 spiro atoms. The van der Waals surface area contributed by atoms with E-state index in [0.717, 1.165) is 17.1 Å². The van der Waals surface area contributed by atoms with Crippen LogP contribution in [0.2, 0.25) is 5.15 Å². The Hall–Kier alpha value is -1.48. The number of hydrogen-bond donors (Lipinski definition) is 0. The van der Waals surface area contributed by atoms with Gasteiger partial charge in [-0.2, -0.15) is 5.10 Å². The molecule has 1 saturated carbocycles. The van der Waals surface area contributed by atoms with Crippen LogP contribution in [-0.2, 0) is 0 Å². The SMILES string of the molecule is CCOc1ccc(-n2nc(C3CC3)cc2Cl)cc1. The van der Waals surface area contributed by atoms with Crippen molar-refractivity contribution in [2.45, 2.75) is 25.7 Å². The molecule has 0 atom stereocenters. The second-order valence-corrected chi connectivity index (χ2v) is 4.89. The molecule has 0 radical (unpaired) electrons. The van der Waals surface area contributed by atoms with Gasteiger partial charge in [-0.3, -0.25) is 0 Å². The van der Waals surface area contributed by atoms with Gasteiger partial charge in [0.25, 0.3) is 0 Å². The molecule has 2 aromatic rings. The quantitative estimate of drug-likeness (QED) is 0.838. The predicted molar refractivity (Wildman–Crippen MR) is 71.7 cm³/mol. The Morgan fingerprint density at radius 1 is 1.33 bits per heavy atom. The summed E-state index contributed by atoms with van der Waals surface area (Å²) in [4.78, 5) is 0. The maximum absolute atomic E-state index is 6.22. The summed E-state index contributed by atoms with van der Waals surface area (Å²) >= 11 is 6.22. The van der Waals surface area contributed by atoms with E-state index in [9.17, 15) is 0 Å². The molecule has 1 heterocycles. The van der Waals surface area contributed by atoms with Crippen LogP contribution in [0.3, 0.4) is 0 Å². The molecule has 3 nitrogen and oxygen atoms in total. The van der Waals surface area contributed by atoms with Gasteiger partial charge >= 0.3 is 0 Å². The molecule has 4 heteroatoms. The summed E-state index contributed by atoms with van der Waals surface area (Å²) in [5.74, 6) is 1.48. The van der Waals surface area contributed by atoms with Crippen molar-refractivity contribution >= 4 is 11.6 Å². The first kappa shape index (κ1) is 11.6. The normalized spacial score (nSPS) is 14.8. The number of benzene rings is 1. The van der Waals surface area contributed by atoms with Gasteiger partial charge < -0.3 is 4.74 Å². The van der Waals surface area contributed by atoms with Gasteiger partial charge in [-0.15, -0.1) is 0 Å². The second kappa shape index (κ2) is 4.65. The summed E-state index contributed by atoms with van der Waals surface area (Å²) in [5.41, 5.74) is 2.07. The highest BCUT2D eigenvalue weighted by Crippen LogP contribution is 2.40. The van der Waals surface area contributed by atoms with Crippen LogP contribution in [0.15, 0.2) is 30.3 Å². The van der Waals surface area contributed by atoms with Crippen LogP contribution in [0.25, 0.3) is 5.69 Å². The average molecular weight is 263 g/mol. The van der Waals surface area contributed by atoms with E-state index in [2.05, 4.69) is 5.10 Å². The van der Waals surface area contributed by atoms with E-state index < -0.39 is 0 Å². The number of nitrogens with zero attached hydrogens (tertiary/aromatic N) is 2. The second-order valence-electron chi connectivity index (χ2n) is 4.50. The molecule has 94 valence electrons. The molecular formula is C14H15ClN2O. The van der Waals surface area contributed by atoms with E-state index in [1.165, 1.54) is 12.8 Å². The Morgan fingerprint density at radius 2 is 2.06 bits per heavy atom.